The molecule has 0 aliphatic carbocycles. The molecule has 1 saturated heterocycles. The van der Waals surface area contributed by atoms with Crippen LogP contribution in [0.4, 0.5) is 0 Å². The molecule has 0 atom stereocenters. The zero-order valence-electron chi connectivity index (χ0n) is 13.5. The van der Waals surface area contributed by atoms with E-state index in [0.29, 0.717) is 4.88 Å². The summed E-state index contributed by atoms with van der Waals surface area (Å²) in [5, 5.41) is 10.4. The van der Waals surface area contributed by atoms with Gasteiger partial charge in [0.25, 0.3) is 5.91 Å². The highest BCUT2D eigenvalue weighted by molar-refractivity contribution is 7.19. The summed E-state index contributed by atoms with van der Waals surface area (Å²) in [7, 11) is 2.10. The zero-order chi connectivity index (χ0) is 15.9. The number of aryl methyl sites for hydroxylation is 1. The van der Waals surface area contributed by atoms with Crippen LogP contribution in [-0.4, -0.2) is 63.6 Å². The maximum atomic E-state index is 12.5. The molecule has 8 heteroatoms. The van der Waals surface area contributed by atoms with Gasteiger partial charge in [0, 0.05) is 37.8 Å². The number of nitrogens with one attached hydrogen (secondary N) is 1. The minimum absolute atomic E-state index is 0.0488. The molecule has 0 spiro atoms. The Morgan fingerprint density at radius 2 is 1.91 bits per heavy atom. The molecule has 0 unspecified atom stereocenters. The van der Waals surface area contributed by atoms with E-state index >= 15 is 0 Å². The number of aromatic nitrogens is 3. The van der Waals surface area contributed by atoms with Crippen LogP contribution in [0.5, 0.6) is 0 Å². The lowest BCUT2D eigenvalue weighted by Crippen LogP contribution is -2.52. The summed E-state index contributed by atoms with van der Waals surface area (Å²) >= 11 is 1.40. The van der Waals surface area contributed by atoms with Gasteiger partial charge in [-0.15, -0.1) is 10.2 Å². The zero-order valence-corrected chi connectivity index (χ0v) is 14.3. The third kappa shape index (κ3) is 2.73. The molecule has 1 aliphatic heterocycles. The first kappa shape index (κ1) is 15.4. The third-order valence-corrected chi connectivity index (χ3v) is 5.13. The van der Waals surface area contributed by atoms with Crippen molar-refractivity contribution in [3.63, 3.8) is 0 Å². The minimum atomic E-state index is -0.0488. The summed E-state index contributed by atoms with van der Waals surface area (Å²) < 4.78 is 1.99. The Morgan fingerprint density at radius 3 is 2.55 bits per heavy atom. The SMILES string of the molecule is Cc1c(C(=O)NN2CCN(C)CC2)sc2nnc(C(C)C)n12. The van der Waals surface area contributed by atoms with Gasteiger partial charge in [0.2, 0.25) is 4.96 Å². The summed E-state index contributed by atoms with van der Waals surface area (Å²) in [6.45, 7) is 9.75. The number of thiazole rings is 1. The van der Waals surface area contributed by atoms with Crippen molar-refractivity contribution in [1.29, 1.82) is 0 Å². The van der Waals surface area contributed by atoms with Crippen molar-refractivity contribution in [3.05, 3.63) is 16.4 Å². The number of fused-ring (bicyclic) bond motifs is 1. The van der Waals surface area contributed by atoms with Gasteiger partial charge >= 0.3 is 0 Å². The number of amides is 1. The van der Waals surface area contributed by atoms with E-state index in [4.69, 9.17) is 0 Å². The van der Waals surface area contributed by atoms with Gasteiger partial charge in [0.15, 0.2) is 0 Å². The summed E-state index contributed by atoms with van der Waals surface area (Å²) in [4.78, 5) is 16.3. The van der Waals surface area contributed by atoms with Gasteiger partial charge in [-0.25, -0.2) is 5.01 Å². The Morgan fingerprint density at radius 1 is 1.23 bits per heavy atom. The highest BCUT2D eigenvalue weighted by atomic mass is 32.1. The highest BCUT2D eigenvalue weighted by Gasteiger charge is 2.23. The second-order valence-electron chi connectivity index (χ2n) is 6.08. The van der Waals surface area contributed by atoms with Crippen LogP contribution in [0.1, 0.15) is 41.0 Å². The predicted octanol–water partition coefficient (Wildman–Crippen LogP) is 1.11. The normalized spacial score (nSPS) is 17.5. The minimum Gasteiger partial charge on any atom is -0.304 e. The van der Waals surface area contributed by atoms with E-state index in [1.165, 1.54) is 11.3 Å². The number of hydrogen-bond acceptors (Lipinski definition) is 6. The molecule has 1 fully saturated rings. The number of hydrogen-bond donors (Lipinski definition) is 1. The van der Waals surface area contributed by atoms with Gasteiger partial charge in [0.05, 0.1) is 0 Å². The molecule has 7 nitrogen and oxygen atoms in total. The fourth-order valence-corrected chi connectivity index (χ4v) is 3.59. The summed E-state index contributed by atoms with van der Waals surface area (Å²) in [5.74, 6) is 1.13. The number of likely N-dealkylation sites (N-methyl/N-ethyl adjacent to an activating group) is 1. The van der Waals surface area contributed by atoms with Crippen molar-refractivity contribution >= 4 is 22.2 Å². The van der Waals surface area contributed by atoms with Crippen molar-refractivity contribution in [3.8, 4) is 0 Å². The number of rotatable bonds is 3. The standard InChI is InChI=1S/C14H22N6OS/c1-9(2)12-15-16-14-20(12)10(3)11(22-14)13(21)17-19-7-5-18(4)6-8-19/h9H,5-8H2,1-4H3,(H,17,21). The summed E-state index contributed by atoms with van der Waals surface area (Å²) in [6, 6.07) is 0. The summed E-state index contributed by atoms with van der Waals surface area (Å²) in [5.41, 5.74) is 3.93. The van der Waals surface area contributed by atoms with E-state index in [9.17, 15) is 4.79 Å². The molecular formula is C14H22N6OS. The van der Waals surface area contributed by atoms with E-state index in [0.717, 1.165) is 42.7 Å². The Bertz CT molecular complexity index is 683. The monoisotopic (exact) mass is 322 g/mol. The number of hydrazine groups is 1. The van der Waals surface area contributed by atoms with Crippen molar-refractivity contribution in [2.24, 2.45) is 0 Å². The molecule has 0 aromatic carbocycles. The maximum absolute atomic E-state index is 12.5. The van der Waals surface area contributed by atoms with Crippen LogP contribution in [0.25, 0.3) is 4.96 Å². The van der Waals surface area contributed by atoms with Crippen LogP contribution < -0.4 is 5.43 Å². The van der Waals surface area contributed by atoms with E-state index < -0.39 is 0 Å². The largest absolute Gasteiger partial charge is 0.304 e. The fourth-order valence-electron chi connectivity index (χ4n) is 2.63. The fraction of sp³-hybridized carbons (Fsp3) is 0.643. The summed E-state index contributed by atoms with van der Waals surface area (Å²) in [6.07, 6.45) is 0. The van der Waals surface area contributed by atoms with Crippen LogP contribution in [0.2, 0.25) is 0 Å². The topological polar surface area (TPSA) is 65.8 Å². The van der Waals surface area contributed by atoms with Gasteiger partial charge in [-0.05, 0) is 14.0 Å². The van der Waals surface area contributed by atoms with Crippen molar-refractivity contribution < 1.29 is 4.79 Å². The highest BCUT2D eigenvalue weighted by Crippen LogP contribution is 2.25. The molecular weight excluding hydrogens is 300 g/mol. The Balaban J connectivity index is 1.81. The van der Waals surface area contributed by atoms with E-state index in [1.807, 2.05) is 16.3 Å². The molecule has 1 aliphatic rings. The smallest absolute Gasteiger partial charge is 0.277 e. The lowest BCUT2D eigenvalue weighted by Gasteiger charge is -2.32. The van der Waals surface area contributed by atoms with Crippen LogP contribution in [-0.2, 0) is 0 Å². The Kier molecular flexibility index (Phi) is 4.16. The molecule has 2 aromatic heterocycles. The quantitative estimate of drug-likeness (QED) is 0.917. The van der Waals surface area contributed by atoms with E-state index in [-0.39, 0.29) is 11.8 Å². The molecule has 120 valence electrons. The Labute approximate surface area is 133 Å². The van der Waals surface area contributed by atoms with Crippen molar-refractivity contribution in [1.82, 2.24) is 29.9 Å². The molecule has 2 aromatic rings. The molecule has 22 heavy (non-hydrogen) atoms. The molecule has 0 saturated carbocycles. The van der Waals surface area contributed by atoms with E-state index in [2.05, 4.69) is 41.4 Å². The van der Waals surface area contributed by atoms with Crippen molar-refractivity contribution in [2.45, 2.75) is 26.7 Å². The van der Waals surface area contributed by atoms with Crippen molar-refractivity contribution in [2.75, 3.05) is 33.2 Å². The first-order valence-corrected chi connectivity index (χ1v) is 8.38. The van der Waals surface area contributed by atoms with Gasteiger partial charge < -0.3 is 4.90 Å². The third-order valence-electron chi connectivity index (χ3n) is 4.00. The molecule has 3 rings (SSSR count). The molecule has 3 heterocycles. The lowest BCUT2D eigenvalue weighted by molar-refractivity contribution is 0.0665. The number of piperazine rings is 1. The molecule has 0 bridgehead atoms. The number of carbonyl (C=O) groups is 1. The van der Waals surface area contributed by atoms with Gasteiger partial charge in [-0.3, -0.25) is 14.6 Å². The predicted molar refractivity (Wildman–Crippen MR) is 86.2 cm³/mol. The van der Waals surface area contributed by atoms with Crippen LogP contribution in [0.15, 0.2) is 0 Å². The van der Waals surface area contributed by atoms with Crippen LogP contribution in [0, 0.1) is 6.92 Å². The molecule has 1 amide bonds. The average Bonchev–Trinajstić information content (AvgIpc) is 3.02. The average molecular weight is 322 g/mol. The van der Waals surface area contributed by atoms with Gasteiger partial charge in [-0.1, -0.05) is 25.2 Å². The second kappa shape index (κ2) is 5.94. The van der Waals surface area contributed by atoms with Crippen LogP contribution >= 0.6 is 11.3 Å². The first-order chi connectivity index (χ1) is 10.5. The molecule has 0 radical (unpaired) electrons. The number of carbonyl (C=O) groups excluding carboxylic acids is 1. The first-order valence-electron chi connectivity index (χ1n) is 7.56. The van der Waals surface area contributed by atoms with Crippen LogP contribution in [0.3, 0.4) is 0 Å². The second-order valence-corrected chi connectivity index (χ2v) is 7.06. The molecule has 1 N–H and O–H groups in total. The van der Waals surface area contributed by atoms with Gasteiger partial charge in [-0.2, -0.15) is 0 Å². The maximum Gasteiger partial charge on any atom is 0.277 e. The van der Waals surface area contributed by atoms with Gasteiger partial charge in [0.1, 0.15) is 10.7 Å². The Hall–Kier alpha value is -1.51. The number of nitrogens with zero attached hydrogens (tertiary/aromatic N) is 5. The van der Waals surface area contributed by atoms with E-state index in [1.54, 1.807) is 0 Å². The lowest BCUT2D eigenvalue weighted by atomic mass is 10.2.